The standard InChI is InChI=1S/C20H26N6O3S/c1-29-7-6-22-20-25-17(21)16(19-24-12-4-2-3-5-15(12)30-19)18(26-20)23-13-8-11(10-27)9-14(13)28/h2-5,11,13-14,27-28H,6-10H2,1H3,(H4,21,22,23,25,26)/t11-,13+,14+/m0/s1. The van der Waals surface area contributed by atoms with Gasteiger partial charge in [0.15, 0.2) is 0 Å². The van der Waals surface area contributed by atoms with Crippen molar-refractivity contribution >= 4 is 39.1 Å². The number of nitrogen functional groups attached to an aromatic ring is 1. The van der Waals surface area contributed by atoms with E-state index in [1.807, 2.05) is 24.3 Å². The van der Waals surface area contributed by atoms with Crippen LogP contribution in [0.3, 0.4) is 0 Å². The van der Waals surface area contributed by atoms with Crippen molar-refractivity contribution in [3.05, 3.63) is 24.3 Å². The van der Waals surface area contributed by atoms with Crippen LogP contribution in [0.5, 0.6) is 0 Å². The molecule has 1 fully saturated rings. The highest BCUT2D eigenvalue weighted by Gasteiger charge is 2.34. The largest absolute Gasteiger partial charge is 0.396 e. The number of hydrogen-bond donors (Lipinski definition) is 5. The lowest BCUT2D eigenvalue weighted by molar-refractivity contribution is 0.157. The zero-order valence-corrected chi connectivity index (χ0v) is 17.5. The molecule has 0 unspecified atom stereocenters. The highest BCUT2D eigenvalue weighted by atomic mass is 32.1. The van der Waals surface area contributed by atoms with Crippen molar-refractivity contribution in [2.45, 2.75) is 25.0 Å². The molecule has 6 N–H and O–H groups in total. The molecule has 0 bridgehead atoms. The molecule has 4 rings (SSSR count). The molecule has 9 nitrogen and oxygen atoms in total. The van der Waals surface area contributed by atoms with Crippen LogP contribution in [0, 0.1) is 5.92 Å². The Morgan fingerprint density at radius 2 is 2.07 bits per heavy atom. The number of methoxy groups -OCH3 is 1. The van der Waals surface area contributed by atoms with Crippen molar-refractivity contribution in [1.29, 1.82) is 0 Å². The average molecular weight is 431 g/mol. The van der Waals surface area contributed by atoms with Gasteiger partial charge in [-0.1, -0.05) is 12.1 Å². The first-order valence-corrected chi connectivity index (χ1v) is 10.7. The van der Waals surface area contributed by atoms with Crippen LogP contribution in [0.4, 0.5) is 17.6 Å². The van der Waals surface area contributed by atoms with Gasteiger partial charge in [0, 0.05) is 20.3 Å². The minimum Gasteiger partial charge on any atom is -0.396 e. The summed E-state index contributed by atoms with van der Waals surface area (Å²) in [6, 6.07) is 7.63. The van der Waals surface area contributed by atoms with Gasteiger partial charge in [0.05, 0.1) is 34.5 Å². The Labute approximate surface area is 178 Å². The van der Waals surface area contributed by atoms with Gasteiger partial charge in [-0.3, -0.25) is 0 Å². The Bertz CT molecular complexity index is 980. The number of aliphatic hydroxyl groups excluding tert-OH is 2. The molecule has 1 aromatic carbocycles. The number of nitrogens with zero attached hydrogens (tertiary/aromatic N) is 3. The predicted molar refractivity (Wildman–Crippen MR) is 119 cm³/mol. The van der Waals surface area contributed by atoms with Crippen LogP contribution in [0.25, 0.3) is 20.8 Å². The van der Waals surface area contributed by atoms with Gasteiger partial charge in [0.1, 0.15) is 16.6 Å². The summed E-state index contributed by atoms with van der Waals surface area (Å²) in [6.07, 6.45) is 0.615. The van der Waals surface area contributed by atoms with Gasteiger partial charge in [-0.05, 0) is 30.9 Å². The summed E-state index contributed by atoms with van der Waals surface area (Å²) in [6.45, 7) is 1.09. The molecule has 10 heteroatoms. The highest BCUT2D eigenvalue weighted by molar-refractivity contribution is 7.21. The molecule has 0 amide bonds. The fourth-order valence-electron chi connectivity index (χ4n) is 3.71. The van der Waals surface area contributed by atoms with Gasteiger partial charge in [-0.15, -0.1) is 11.3 Å². The Kier molecular flexibility index (Phi) is 6.28. The second kappa shape index (κ2) is 9.09. The van der Waals surface area contributed by atoms with E-state index in [0.29, 0.717) is 54.1 Å². The number of nitrogens with one attached hydrogen (secondary N) is 2. The number of rotatable bonds is 8. The lowest BCUT2D eigenvalue weighted by atomic mass is 10.1. The van der Waals surface area contributed by atoms with Gasteiger partial charge in [0.25, 0.3) is 0 Å². The van der Waals surface area contributed by atoms with E-state index in [2.05, 4.69) is 20.6 Å². The van der Waals surface area contributed by atoms with Crippen LogP contribution >= 0.6 is 11.3 Å². The fourth-order valence-corrected chi connectivity index (χ4v) is 4.73. The lowest BCUT2D eigenvalue weighted by Crippen LogP contribution is -2.29. The minimum atomic E-state index is -0.577. The summed E-state index contributed by atoms with van der Waals surface area (Å²) < 4.78 is 6.11. The molecule has 0 saturated heterocycles. The molecule has 30 heavy (non-hydrogen) atoms. The molecule has 0 spiro atoms. The van der Waals surface area contributed by atoms with Gasteiger partial charge in [-0.25, -0.2) is 4.98 Å². The molecule has 0 radical (unpaired) electrons. The molecule has 1 saturated carbocycles. The maximum absolute atomic E-state index is 10.4. The zero-order valence-electron chi connectivity index (χ0n) is 16.7. The third-order valence-corrected chi connectivity index (χ3v) is 6.29. The second-order valence-corrected chi connectivity index (χ2v) is 8.43. The topological polar surface area (TPSA) is 138 Å². The van der Waals surface area contributed by atoms with Crippen LogP contribution in [0.1, 0.15) is 12.8 Å². The first-order chi connectivity index (χ1) is 14.6. The van der Waals surface area contributed by atoms with Crippen molar-refractivity contribution in [2.75, 3.05) is 43.2 Å². The van der Waals surface area contributed by atoms with Crippen LogP contribution in [0.15, 0.2) is 24.3 Å². The molecule has 2 aromatic heterocycles. The summed E-state index contributed by atoms with van der Waals surface area (Å²) >= 11 is 1.52. The number of anilines is 3. The van der Waals surface area contributed by atoms with E-state index >= 15 is 0 Å². The summed E-state index contributed by atoms with van der Waals surface area (Å²) in [7, 11) is 1.62. The van der Waals surface area contributed by atoms with Crippen LogP contribution in [-0.4, -0.2) is 64.2 Å². The zero-order chi connectivity index (χ0) is 21.1. The molecular formula is C20H26N6O3S. The molecule has 3 aromatic rings. The summed E-state index contributed by atoms with van der Waals surface area (Å²) in [4.78, 5) is 13.7. The number of fused-ring (bicyclic) bond motifs is 1. The van der Waals surface area contributed by atoms with E-state index in [4.69, 9.17) is 15.5 Å². The quantitative estimate of drug-likeness (QED) is 0.339. The molecule has 160 valence electrons. The maximum Gasteiger partial charge on any atom is 0.226 e. The normalized spacial score (nSPS) is 21.2. The number of ether oxygens (including phenoxy) is 1. The summed E-state index contributed by atoms with van der Waals surface area (Å²) in [5.41, 5.74) is 7.84. The fraction of sp³-hybridized carbons (Fsp3) is 0.450. The molecule has 2 heterocycles. The Morgan fingerprint density at radius 1 is 1.23 bits per heavy atom. The number of aliphatic hydroxyl groups is 2. The molecule has 1 aliphatic carbocycles. The minimum absolute atomic E-state index is 0.0513. The lowest BCUT2D eigenvalue weighted by Gasteiger charge is -2.20. The Balaban J connectivity index is 1.71. The van der Waals surface area contributed by atoms with Gasteiger partial charge < -0.3 is 31.3 Å². The van der Waals surface area contributed by atoms with Crippen LogP contribution in [-0.2, 0) is 4.74 Å². The van der Waals surface area contributed by atoms with E-state index in [-0.39, 0.29) is 18.6 Å². The van der Waals surface area contributed by atoms with Crippen molar-refractivity contribution in [3.8, 4) is 10.6 Å². The van der Waals surface area contributed by atoms with Crippen molar-refractivity contribution in [2.24, 2.45) is 5.92 Å². The Morgan fingerprint density at radius 3 is 2.80 bits per heavy atom. The molecule has 1 aliphatic rings. The SMILES string of the molecule is COCCNc1nc(N)c(-c2nc3ccccc3s2)c(N[C@@H]2C[C@H](CO)C[C@H]2O)n1. The van der Waals surface area contributed by atoms with E-state index < -0.39 is 6.10 Å². The third kappa shape index (κ3) is 4.31. The number of thiazole rings is 1. The van der Waals surface area contributed by atoms with E-state index in [0.717, 1.165) is 10.2 Å². The molecular weight excluding hydrogens is 404 g/mol. The number of benzene rings is 1. The smallest absolute Gasteiger partial charge is 0.226 e. The first-order valence-electron chi connectivity index (χ1n) is 9.90. The maximum atomic E-state index is 10.4. The van der Waals surface area contributed by atoms with Gasteiger partial charge in [-0.2, -0.15) is 9.97 Å². The van der Waals surface area contributed by atoms with Crippen LogP contribution in [0.2, 0.25) is 0 Å². The van der Waals surface area contributed by atoms with E-state index in [9.17, 15) is 10.2 Å². The number of aromatic nitrogens is 3. The Hall–Kier alpha value is -2.53. The summed E-state index contributed by atoms with van der Waals surface area (Å²) in [5, 5.41) is 27.1. The first kappa shape index (κ1) is 20.7. The number of nitrogens with two attached hydrogens (primary N) is 1. The predicted octanol–water partition coefficient (Wildman–Crippen LogP) is 1.94. The molecule has 0 aliphatic heterocycles. The number of hydrogen-bond acceptors (Lipinski definition) is 10. The van der Waals surface area contributed by atoms with E-state index in [1.165, 1.54) is 11.3 Å². The molecule has 3 atom stereocenters. The third-order valence-electron chi connectivity index (χ3n) is 5.24. The monoisotopic (exact) mass is 430 g/mol. The van der Waals surface area contributed by atoms with Crippen molar-refractivity contribution in [1.82, 2.24) is 15.0 Å². The second-order valence-electron chi connectivity index (χ2n) is 7.40. The summed E-state index contributed by atoms with van der Waals surface area (Å²) in [5.74, 6) is 1.26. The van der Waals surface area contributed by atoms with Crippen molar-refractivity contribution in [3.63, 3.8) is 0 Å². The van der Waals surface area contributed by atoms with Gasteiger partial charge in [0.2, 0.25) is 5.95 Å². The van der Waals surface area contributed by atoms with E-state index in [1.54, 1.807) is 7.11 Å². The van der Waals surface area contributed by atoms with Crippen molar-refractivity contribution < 1.29 is 14.9 Å². The average Bonchev–Trinajstić information content (AvgIpc) is 3.31. The highest BCUT2D eigenvalue weighted by Crippen LogP contribution is 2.39. The number of para-hydroxylation sites is 1. The van der Waals surface area contributed by atoms with Gasteiger partial charge >= 0.3 is 0 Å². The van der Waals surface area contributed by atoms with Crippen LogP contribution < -0.4 is 16.4 Å².